The van der Waals surface area contributed by atoms with Gasteiger partial charge in [-0.15, -0.1) is 0 Å². The standard InChI is InChI=1S/C24H31N3O3S2/c1-16(2)14-27(15-17(3)4)32(29,30)20-12-10-19(11-13-20)23(28)25-24-26(6)22-18(5)8-7-9-21(22)31-24/h7-13,16-17H,14-15H2,1-6H3. The lowest BCUT2D eigenvalue weighted by molar-refractivity contribution is 0.0998. The van der Waals surface area contributed by atoms with Gasteiger partial charge in [0, 0.05) is 25.7 Å². The van der Waals surface area contributed by atoms with Gasteiger partial charge in [0.15, 0.2) is 4.80 Å². The number of carbonyl (C=O) groups excluding carboxylic acids is 1. The molecule has 0 N–H and O–H groups in total. The number of hydrogen-bond acceptors (Lipinski definition) is 4. The average Bonchev–Trinajstić information content (AvgIpc) is 3.03. The summed E-state index contributed by atoms with van der Waals surface area (Å²) in [7, 11) is -1.74. The van der Waals surface area contributed by atoms with E-state index in [1.165, 1.54) is 27.8 Å². The zero-order valence-corrected chi connectivity index (χ0v) is 21.1. The SMILES string of the molecule is Cc1cccc2sc(=NC(=O)c3ccc(S(=O)(=O)N(CC(C)C)CC(C)C)cc3)n(C)c12. The van der Waals surface area contributed by atoms with Crippen molar-refractivity contribution in [1.29, 1.82) is 0 Å². The minimum atomic E-state index is -3.63. The highest BCUT2D eigenvalue weighted by Gasteiger charge is 2.26. The van der Waals surface area contributed by atoms with E-state index in [2.05, 4.69) is 4.99 Å². The first kappa shape index (κ1) is 24.4. The molecule has 0 radical (unpaired) electrons. The molecule has 6 nitrogen and oxygen atoms in total. The number of amides is 1. The van der Waals surface area contributed by atoms with Crippen LogP contribution in [0.4, 0.5) is 0 Å². The van der Waals surface area contributed by atoms with E-state index in [-0.39, 0.29) is 16.7 Å². The second-order valence-corrected chi connectivity index (χ2v) is 11.9. The number of thiazole rings is 1. The lowest BCUT2D eigenvalue weighted by atomic mass is 10.2. The number of hydrogen-bond donors (Lipinski definition) is 0. The van der Waals surface area contributed by atoms with Crippen molar-refractivity contribution in [3.8, 4) is 0 Å². The van der Waals surface area contributed by atoms with Gasteiger partial charge in [-0.2, -0.15) is 9.30 Å². The molecule has 0 unspecified atom stereocenters. The first-order valence-electron chi connectivity index (χ1n) is 10.7. The monoisotopic (exact) mass is 473 g/mol. The fraction of sp³-hybridized carbons (Fsp3) is 0.417. The van der Waals surface area contributed by atoms with Crippen LogP contribution in [0.15, 0.2) is 52.4 Å². The number of aryl methyl sites for hydroxylation is 2. The third kappa shape index (κ3) is 5.19. The summed E-state index contributed by atoms with van der Waals surface area (Å²) >= 11 is 1.46. The molecule has 2 aromatic carbocycles. The largest absolute Gasteiger partial charge is 0.319 e. The molecule has 8 heteroatoms. The Morgan fingerprint density at radius 1 is 1.03 bits per heavy atom. The minimum absolute atomic E-state index is 0.193. The van der Waals surface area contributed by atoms with Crippen LogP contribution in [0.5, 0.6) is 0 Å². The topological polar surface area (TPSA) is 71.7 Å². The summed E-state index contributed by atoms with van der Waals surface area (Å²) in [6.45, 7) is 10.9. The van der Waals surface area contributed by atoms with Gasteiger partial charge < -0.3 is 4.57 Å². The van der Waals surface area contributed by atoms with Gasteiger partial charge in [0.1, 0.15) is 0 Å². The Hall–Kier alpha value is -2.29. The maximum absolute atomic E-state index is 13.2. The lowest BCUT2D eigenvalue weighted by Gasteiger charge is -2.25. The van der Waals surface area contributed by atoms with Gasteiger partial charge in [0.2, 0.25) is 10.0 Å². The number of para-hydroxylation sites is 1. The van der Waals surface area contributed by atoms with E-state index in [9.17, 15) is 13.2 Å². The Morgan fingerprint density at radius 2 is 1.62 bits per heavy atom. The Bertz CT molecular complexity index is 1270. The molecule has 0 aliphatic rings. The summed E-state index contributed by atoms with van der Waals surface area (Å²) in [5.41, 5.74) is 2.54. The van der Waals surface area contributed by atoms with Crippen molar-refractivity contribution >= 4 is 37.5 Å². The van der Waals surface area contributed by atoms with E-state index < -0.39 is 15.9 Å². The summed E-state index contributed by atoms with van der Waals surface area (Å²) in [6, 6.07) is 12.1. The number of benzene rings is 2. The Morgan fingerprint density at radius 3 is 2.16 bits per heavy atom. The Kier molecular flexibility index (Phi) is 7.37. The van der Waals surface area contributed by atoms with Crippen molar-refractivity contribution in [2.24, 2.45) is 23.9 Å². The predicted octanol–water partition coefficient (Wildman–Crippen LogP) is 4.59. The summed E-state index contributed by atoms with van der Waals surface area (Å²) in [6.07, 6.45) is 0. The van der Waals surface area contributed by atoms with E-state index in [0.29, 0.717) is 23.5 Å². The zero-order valence-electron chi connectivity index (χ0n) is 19.5. The van der Waals surface area contributed by atoms with Crippen LogP contribution < -0.4 is 4.80 Å². The molecule has 0 saturated heterocycles. The van der Waals surface area contributed by atoms with E-state index in [0.717, 1.165) is 15.8 Å². The molecule has 1 heterocycles. The second kappa shape index (κ2) is 9.68. The first-order valence-corrected chi connectivity index (χ1v) is 13.0. The Balaban J connectivity index is 1.91. The number of fused-ring (bicyclic) bond motifs is 1. The summed E-state index contributed by atoms with van der Waals surface area (Å²) < 4.78 is 30.8. The highest BCUT2D eigenvalue weighted by atomic mass is 32.2. The van der Waals surface area contributed by atoms with Crippen molar-refractivity contribution < 1.29 is 13.2 Å². The van der Waals surface area contributed by atoms with Gasteiger partial charge in [-0.1, -0.05) is 51.2 Å². The van der Waals surface area contributed by atoms with Crippen molar-refractivity contribution in [1.82, 2.24) is 8.87 Å². The van der Waals surface area contributed by atoms with Crippen LogP contribution in [-0.4, -0.2) is 36.3 Å². The number of sulfonamides is 1. The smallest absolute Gasteiger partial charge is 0.279 e. The van der Waals surface area contributed by atoms with Gasteiger partial charge in [-0.3, -0.25) is 4.79 Å². The molecule has 1 amide bonds. The molecule has 0 fully saturated rings. The number of rotatable bonds is 7. The number of carbonyl (C=O) groups is 1. The van der Waals surface area contributed by atoms with Crippen LogP contribution in [0.25, 0.3) is 10.2 Å². The maximum atomic E-state index is 13.2. The minimum Gasteiger partial charge on any atom is -0.319 e. The van der Waals surface area contributed by atoms with Gasteiger partial charge in [-0.05, 0) is 54.7 Å². The molecule has 0 spiro atoms. The maximum Gasteiger partial charge on any atom is 0.279 e. The van der Waals surface area contributed by atoms with E-state index in [4.69, 9.17) is 0 Å². The molecular formula is C24H31N3O3S2. The van der Waals surface area contributed by atoms with Crippen molar-refractivity contribution in [3.05, 3.63) is 58.4 Å². The lowest BCUT2D eigenvalue weighted by Crippen LogP contribution is -2.37. The van der Waals surface area contributed by atoms with Crippen LogP contribution in [0, 0.1) is 18.8 Å². The fourth-order valence-electron chi connectivity index (χ4n) is 3.66. The van der Waals surface area contributed by atoms with Crippen LogP contribution in [0.3, 0.4) is 0 Å². The second-order valence-electron chi connectivity index (χ2n) is 8.92. The zero-order chi connectivity index (χ0) is 23.6. The summed E-state index contributed by atoms with van der Waals surface area (Å²) in [4.78, 5) is 17.9. The highest BCUT2D eigenvalue weighted by Crippen LogP contribution is 2.21. The summed E-state index contributed by atoms with van der Waals surface area (Å²) in [5.74, 6) is 0.0395. The van der Waals surface area contributed by atoms with E-state index >= 15 is 0 Å². The van der Waals surface area contributed by atoms with Crippen molar-refractivity contribution in [3.63, 3.8) is 0 Å². The van der Waals surface area contributed by atoms with Gasteiger partial charge >= 0.3 is 0 Å². The molecule has 172 valence electrons. The third-order valence-electron chi connectivity index (χ3n) is 5.10. The summed E-state index contributed by atoms with van der Waals surface area (Å²) in [5, 5.41) is 0. The van der Waals surface area contributed by atoms with Crippen LogP contribution in [0.2, 0.25) is 0 Å². The highest BCUT2D eigenvalue weighted by molar-refractivity contribution is 7.89. The number of aromatic nitrogens is 1. The first-order chi connectivity index (χ1) is 15.0. The van der Waals surface area contributed by atoms with Gasteiger partial charge in [-0.25, -0.2) is 8.42 Å². The molecule has 3 rings (SSSR count). The Labute approximate surface area is 194 Å². The van der Waals surface area contributed by atoms with Crippen molar-refractivity contribution in [2.75, 3.05) is 13.1 Å². The molecule has 0 aliphatic heterocycles. The van der Waals surface area contributed by atoms with E-state index in [1.807, 2.05) is 64.4 Å². The van der Waals surface area contributed by atoms with Crippen LogP contribution in [-0.2, 0) is 17.1 Å². The molecule has 1 aromatic heterocycles. The molecule has 0 bridgehead atoms. The fourth-order valence-corrected chi connectivity index (χ4v) is 6.52. The van der Waals surface area contributed by atoms with Crippen LogP contribution in [0.1, 0.15) is 43.6 Å². The number of nitrogens with zero attached hydrogens (tertiary/aromatic N) is 3. The third-order valence-corrected chi connectivity index (χ3v) is 8.04. The molecular weight excluding hydrogens is 442 g/mol. The molecule has 3 aromatic rings. The van der Waals surface area contributed by atoms with Crippen LogP contribution >= 0.6 is 11.3 Å². The average molecular weight is 474 g/mol. The normalized spacial score (nSPS) is 13.1. The molecule has 32 heavy (non-hydrogen) atoms. The van der Waals surface area contributed by atoms with Gasteiger partial charge in [0.25, 0.3) is 5.91 Å². The molecule has 0 saturated carbocycles. The predicted molar refractivity (Wildman–Crippen MR) is 130 cm³/mol. The molecule has 0 atom stereocenters. The van der Waals surface area contributed by atoms with E-state index in [1.54, 1.807) is 12.1 Å². The van der Waals surface area contributed by atoms with Crippen molar-refractivity contribution in [2.45, 2.75) is 39.5 Å². The van der Waals surface area contributed by atoms with Gasteiger partial charge in [0.05, 0.1) is 15.1 Å². The quantitative estimate of drug-likeness (QED) is 0.504. The molecule has 0 aliphatic carbocycles.